The minimum atomic E-state index is -3.34. The van der Waals surface area contributed by atoms with Crippen molar-refractivity contribution < 1.29 is 18.0 Å². The second-order valence-electron chi connectivity index (χ2n) is 4.70. The molecule has 94 valence electrons. The molecule has 1 unspecified atom stereocenters. The molecule has 3 rings (SSSR count). The molecule has 0 aromatic heterocycles. The summed E-state index contributed by atoms with van der Waals surface area (Å²) in [6, 6.07) is 6.45. The third-order valence-electron chi connectivity index (χ3n) is 3.69. The smallest absolute Gasteiger partial charge is 0.237 e. The lowest BCUT2D eigenvalue weighted by atomic mass is 9.76. The van der Waals surface area contributed by atoms with Crippen LogP contribution in [0.1, 0.15) is 18.4 Å². The maximum absolute atomic E-state index is 12.0. The summed E-state index contributed by atoms with van der Waals surface area (Å²) in [5.41, 5.74) is -0.529. The Morgan fingerprint density at radius 1 is 1.17 bits per heavy atom. The molecule has 0 radical (unpaired) electrons. The van der Waals surface area contributed by atoms with Gasteiger partial charge in [-0.3, -0.25) is 14.9 Å². The van der Waals surface area contributed by atoms with Crippen LogP contribution in [0, 0.1) is 0 Å². The van der Waals surface area contributed by atoms with E-state index < -0.39 is 15.3 Å². The Bertz CT molecular complexity index is 664. The van der Waals surface area contributed by atoms with E-state index in [4.69, 9.17) is 0 Å². The van der Waals surface area contributed by atoms with Gasteiger partial charge in [0.15, 0.2) is 9.84 Å². The van der Waals surface area contributed by atoms with Gasteiger partial charge in [-0.25, -0.2) is 8.42 Å². The van der Waals surface area contributed by atoms with E-state index >= 15 is 0 Å². The van der Waals surface area contributed by atoms with Crippen molar-refractivity contribution in [1.82, 2.24) is 5.32 Å². The SMILES string of the molecule is O=C1CC2(CCS(=O)(=O)c3ccccc32)C(=O)N1. The highest BCUT2D eigenvalue weighted by atomic mass is 32.2. The summed E-state index contributed by atoms with van der Waals surface area (Å²) < 4.78 is 24.0. The van der Waals surface area contributed by atoms with Gasteiger partial charge in [-0.05, 0) is 18.1 Å². The maximum Gasteiger partial charge on any atom is 0.237 e. The molecule has 18 heavy (non-hydrogen) atoms. The number of carbonyl (C=O) groups excluding carboxylic acids is 2. The van der Waals surface area contributed by atoms with Crippen LogP contribution in [0.5, 0.6) is 0 Å². The number of nitrogens with one attached hydrogen (secondary N) is 1. The van der Waals surface area contributed by atoms with Crippen LogP contribution in [0.25, 0.3) is 0 Å². The Kier molecular flexibility index (Phi) is 2.16. The zero-order valence-electron chi connectivity index (χ0n) is 9.47. The van der Waals surface area contributed by atoms with Gasteiger partial charge in [0, 0.05) is 6.42 Å². The number of imide groups is 1. The molecule has 1 atom stereocenters. The summed E-state index contributed by atoms with van der Waals surface area (Å²) in [7, 11) is -3.34. The van der Waals surface area contributed by atoms with Gasteiger partial charge in [-0.2, -0.15) is 0 Å². The Morgan fingerprint density at radius 2 is 1.89 bits per heavy atom. The molecule has 1 aromatic carbocycles. The van der Waals surface area contributed by atoms with E-state index in [0.717, 1.165) is 0 Å². The molecule has 5 nitrogen and oxygen atoms in total. The van der Waals surface area contributed by atoms with Gasteiger partial charge in [-0.15, -0.1) is 0 Å². The van der Waals surface area contributed by atoms with Crippen molar-refractivity contribution in [2.24, 2.45) is 0 Å². The average molecular weight is 265 g/mol. The van der Waals surface area contributed by atoms with Crippen LogP contribution in [0.3, 0.4) is 0 Å². The second-order valence-corrected chi connectivity index (χ2v) is 6.78. The van der Waals surface area contributed by atoms with Crippen molar-refractivity contribution in [2.45, 2.75) is 23.2 Å². The molecule has 2 aliphatic heterocycles. The summed E-state index contributed by atoms with van der Waals surface area (Å²) in [4.78, 5) is 23.6. The van der Waals surface area contributed by atoms with Crippen molar-refractivity contribution in [3.8, 4) is 0 Å². The fraction of sp³-hybridized carbons (Fsp3) is 0.333. The highest BCUT2D eigenvalue weighted by Crippen LogP contribution is 2.43. The zero-order valence-corrected chi connectivity index (χ0v) is 10.3. The standard InChI is InChI=1S/C12H11NO4S/c14-10-7-12(11(15)13-10)5-6-18(16,17)9-4-2-1-3-8(9)12/h1-4H,5-7H2,(H,13,14,15). The number of fused-ring (bicyclic) bond motifs is 2. The van der Waals surface area contributed by atoms with Crippen LogP contribution in [0.4, 0.5) is 0 Å². The number of benzene rings is 1. The molecule has 2 aliphatic rings. The molecule has 2 amide bonds. The molecule has 0 bridgehead atoms. The van der Waals surface area contributed by atoms with E-state index in [2.05, 4.69) is 5.32 Å². The molecular weight excluding hydrogens is 254 g/mol. The molecule has 1 N–H and O–H groups in total. The first-order valence-electron chi connectivity index (χ1n) is 5.62. The summed E-state index contributed by atoms with van der Waals surface area (Å²) in [5, 5.41) is 2.27. The highest BCUT2D eigenvalue weighted by molar-refractivity contribution is 7.91. The topological polar surface area (TPSA) is 80.3 Å². The lowest BCUT2D eigenvalue weighted by molar-refractivity contribution is -0.126. The quantitative estimate of drug-likeness (QED) is 0.677. The van der Waals surface area contributed by atoms with E-state index in [9.17, 15) is 18.0 Å². The molecule has 1 fully saturated rings. The van der Waals surface area contributed by atoms with Crippen molar-refractivity contribution in [3.05, 3.63) is 29.8 Å². The van der Waals surface area contributed by atoms with Crippen LogP contribution in [-0.4, -0.2) is 26.0 Å². The molecule has 1 spiro atoms. The fourth-order valence-electron chi connectivity index (χ4n) is 2.75. The van der Waals surface area contributed by atoms with Crippen LogP contribution in [-0.2, 0) is 24.8 Å². The van der Waals surface area contributed by atoms with Gasteiger partial charge in [0.25, 0.3) is 0 Å². The van der Waals surface area contributed by atoms with Gasteiger partial charge in [0.05, 0.1) is 16.1 Å². The van der Waals surface area contributed by atoms with Crippen LogP contribution in [0.2, 0.25) is 0 Å². The van der Waals surface area contributed by atoms with E-state index in [0.29, 0.717) is 5.56 Å². The molecule has 1 saturated heterocycles. The number of hydrogen-bond acceptors (Lipinski definition) is 4. The van der Waals surface area contributed by atoms with Gasteiger partial charge in [0.2, 0.25) is 11.8 Å². The highest BCUT2D eigenvalue weighted by Gasteiger charge is 2.52. The summed E-state index contributed by atoms with van der Waals surface area (Å²) in [6.07, 6.45) is 0.211. The lowest BCUT2D eigenvalue weighted by Crippen LogP contribution is -2.41. The molecule has 2 heterocycles. The van der Waals surface area contributed by atoms with Gasteiger partial charge in [0.1, 0.15) is 0 Å². The molecule has 0 saturated carbocycles. The Hall–Kier alpha value is -1.69. The molecule has 0 aliphatic carbocycles. The van der Waals surface area contributed by atoms with E-state index in [-0.39, 0.29) is 35.3 Å². The van der Waals surface area contributed by atoms with Gasteiger partial charge in [-0.1, -0.05) is 18.2 Å². The molecular formula is C12H11NO4S. The molecule has 1 aromatic rings. The largest absolute Gasteiger partial charge is 0.296 e. The predicted molar refractivity (Wildman–Crippen MR) is 62.6 cm³/mol. The third-order valence-corrected chi connectivity index (χ3v) is 5.45. The van der Waals surface area contributed by atoms with Crippen molar-refractivity contribution in [3.63, 3.8) is 0 Å². The Balaban J connectivity index is 2.28. The lowest BCUT2D eigenvalue weighted by Gasteiger charge is -2.31. The van der Waals surface area contributed by atoms with Crippen LogP contribution < -0.4 is 5.32 Å². The van der Waals surface area contributed by atoms with Crippen molar-refractivity contribution in [2.75, 3.05) is 5.75 Å². The zero-order chi connectivity index (χ0) is 13.0. The minimum Gasteiger partial charge on any atom is -0.296 e. The monoisotopic (exact) mass is 265 g/mol. The summed E-state index contributed by atoms with van der Waals surface area (Å²) >= 11 is 0. The third kappa shape index (κ3) is 1.35. The van der Waals surface area contributed by atoms with Crippen LogP contribution >= 0.6 is 0 Å². The first-order chi connectivity index (χ1) is 8.46. The number of sulfone groups is 1. The van der Waals surface area contributed by atoms with E-state index in [1.165, 1.54) is 6.07 Å². The summed E-state index contributed by atoms with van der Waals surface area (Å²) in [5.74, 6) is -0.811. The van der Waals surface area contributed by atoms with Crippen molar-refractivity contribution in [1.29, 1.82) is 0 Å². The average Bonchev–Trinajstić information content (AvgIpc) is 2.61. The fourth-order valence-corrected chi connectivity index (χ4v) is 4.47. The van der Waals surface area contributed by atoms with E-state index in [1.54, 1.807) is 18.2 Å². The second kappa shape index (κ2) is 3.41. The normalized spacial score (nSPS) is 29.1. The van der Waals surface area contributed by atoms with Gasteiger partial charge < -0.3 is 0 Å². The minimum absolute atomic E-state index is 0.0400. The van der Waals surface area contributed by atoms with E-state index in [1.807, 2.05) is 0 Å². The first kappa shape index (κ1) is 11.4. The number of rotatable bonds is 0. The number of amides is 2. The number of carbonyl (C=O) groups is 2. The molecule has 6 heteroatoms. The van der Waals surface area contributed by atoms with Crippen molar-refractivity contribution >= 4 is 21.7 Å². The van der Waals surface area contributed by atoms with Gasteiger partial charge >= 0.3 is 0 Å². The predicted octanol–water partition coefficient (Wildman–Crippen LogP) is 0.148. The Morgan fingerprint density at radius 3 is 2.56 bits per heavy atom. The Labute approximate surface area is 104 Å². The number of hydrogen-bond donors (Lipinski definition) is 1. The van der Waals surface area contributed by atoms with Crippen LogP contribution in [0.15, 0.2) is 29.2 Å². The maximum atomic E-state index is 12.0. The summed E-state index contributed by atoms with van der Waals surface area (Å²) in [6.45, 7) is 0. The first-order valence-corrected chi connectivity index (χ1v) is 7.27.